The second-order valence-corrected chi connectivity index (χ2v) is 10.4. The Bertz CT molecular complexity index is 1320. The SMILES string of the molecule is CS(=O)(=O)CCN1CCn2c(=O)c(C(=O)NCc3ccc(Cl)cc3)cc3cccc1c32. The van der Waals surface area contributed by atoms with Gasteiger partial charge in [-0.05, 0) is 29.8 Å². The fourth-order valence-electron chi connectivity index (χ4n) is 3.78. The van der Waals surface area contributed by atoms with Crippen LogP contribution in [0.5, 0.6) is 0 Å². The maximum atomic E-state index is 13.1. The molecule has 0 radical (unpaired) electrons. The van der Waals surface area contributed by atoms with Crippen molar-refractivity contribution in [2.24, 2.45) is 0 Å². The monoisotopic (exact) mass is 459 g/mol. The van der Waals surface area contributed by atoms with Crippen LogP contribution < -0.4 is 15.8 Å². The molecule has 0 atom stereocenters. The van der Waals surface area contributed by atoms with Gasteiger partial charge in [0.25, 0.3) is 11.5 Å². The van der Waals surface area contributed by atoms with Gasteiger partial charge in [0.05, 0.1) is 17.0 Å². The first-order valence-electron chi connectivity index (χ1n) is 9.85. The summed E-state index contributed by atoms with van der Waals surface area (Å²) in [6.45, 7) is 1.52. The number of nitrogens with zero attached hydrogens (tertiary/aromatic N) is 2. The largest absolute Gasteiger partial charge is 0.367 e. The van der Waals surface area contributed by atoms with Crippen LogP contribution in [-0.4, -0.2) is 44.0 Å². The fourth-order valence-corrected chi connectivity index (χ4v) is 4.46. The van der Waals surface area contributed by atoms with Gasteiger partial charge in [0.2, 0.25) is 0 Å². The number of pyridine rings is 1. The van der Waals surface area contributed by atoms with E-state index in [0.717, 1.165) is 22.2 Å². The zero-order valence-electron chi connectivity index (χ0n) is 17.0. The van der Waals surface area contributed by atoms with Crippen molar-refractivity contribution in [2.45, 2.75) is 13.1 Å². The predicted octanol–water partition coefficient (Wildman–Crippen LogP) is 2.45. The van der Waals surface area contributed by atoms with Crippen LogP contribution in [0.25, 0.3) is 10.9 Å². The Labute approximate surface area is 185 Å². The van der Waals surface area contributed by atoms with Gasteiger partial charge in [0.15, 0.2) is 0 Å². The third kappa shape index (κ3) is 4.60. The fraction of sp³-hybridized carbons (Fsp3) is 0.273. The minimum Gasteiger partial charge on any atom is -0.367 e. The number of hydrogen-bond acceptors (Lipinski definition) is 5. The normalized spacial score (nSPS) is 13.4. The lowest BCUT2D eigenvalue weighted by Crippen LogP contribution is -2.41. The Hall–Kier alpha value is -2.84. The molecule has 31 heavy (non-hydrogen) atoms. The number of carbonyl (C=O) groups excluding carboxylic acids is 1. The van der Waals surface area contributed by atoms with Crippen molar-refractivity contribution < 1.29 is 13.2 Å². The van der Waals surface area contributed by atoms with Gasteiger partial charge in [-0.3, -0.25) is 9.59 Å². The molecule has 2 aromatic carbocycles. The van der Waals surface area contributed by atoms with E-state index < -0.39 is 15.7 Å². The van der Waals surface area contributed by atoms with Crippen molar-refractivity contribution in [2.75, 3.05) is 30.0 Å². The van der Waals surface area contributed by atoms with E-state index in [1.54, 1.807) is 22.8 Å². The molecule has 1 N–H and O–H groups in total. The summed E-state index contributed by atoms with van der Waals surface area (Å²) in [5.74, 6) is -0.394. The highest BCUT2D eigenvalue weighted by molar-refractivity contribution is 7.90. The van der Waals surface area contributed by atoms with Gasteiger partial charge in [-0.1, -0.05) is 35.9 Å². The molecule has 3 aromatic rings. The van der Waals surface area contributed by atoms with Crippen molar-refractivity contribution in [3.05, 3.63) is 75.0 Å². The van der Waals surface area contributed by atoms with Crippen molar-refractivity contribution in [3.8, 4) is 0 Å². The van der Waals surface area contributed by atoms with Crippen molar-refractivity contribution in [1.82, 2.24) is 9.88 Å². The molecular weight excluding hydrogens is 438 g/mol. The van der Waals surface area contributed by atoms with Gasteiger partial charge in [0, 0.05) is 42.8 Å². The maximum absolute atomic E-state index is 13.1. The summed E-state index contributed by atoms with van der Waals surface area (Å²) in [6.07, 6.45) is 1.21. The number of amides is 1. The summed E-state index contributed by atoms with van der Waals surface area (Å²) >= 11 is 5.89. The summed E-state index contributed by atoms with van der Waals surface area (Å²) in [5, 5.41) is 4.17. The van der Waals surface area contributed by atoms with E-state index >= 15 is 0 Å². The zero-order valence-corrected chi connectivity index (χ0v) is 18.5. The van der Waals surface area contributed by atoms with E-state index in [1.165, 1.54) is 6.26 Å². The number of sulfone groups is 1. The van der Waals surface area contributed by atoms with Crippen LogP contribution in [0, 0.1) is 0 Å². The van der Waals surface area contributed by atoms with Crippen LogP contribution in [0.3, 0.4) is 0 Å². The summed E-state index contributed by atoms with van der Waals surface area (Å²) < 4.78 is 24.8. The van der Waals surface area contributed by atoms with Gasteiger partial charge >= 0.3 is 0 Å². The molecule has 0 spiro atoms. The number of benzene rings is 2. The number of anilines is 1. The lowest BCUT2D eigenvalue weighted by Gasteiger charge is -2.32. The first kappa shape index (κ1) is 21.4. The van der Waals surface area contributed by atoms with E-state index in [2.05, 4.69) is 5.32 Å². The standard InChI is InChI=1S/C22H22ClN3O4S/c1-31(29,30)12-11-25-9-10-26-20-16(3-2-4-19(20)25)13-18(22(26)28)21(27)24-14-15-5-7-17(23)8-6-15/h2-8,13H,9-12,14H2,1H3,(H,24,27). The summed E-state index contributed by atoms with van der Waals surface area (Å²) in [4.78, 5) is 27.8. The van der Waals surface area contributed by atoms with Gasteiger partial charge in [-0.15, -0.1) is 0 Å². The zero-order chi connectivity index (χ0) is 22.2. The quantitative estimate of drug-likeness (QED) is 0.611. The highest BCUT2D eigenvalue weighted by Crippen LogP contribution is 2.29. The molecule has 1 aliphatic rings. The van der Waals surface area contributed by atoms with Gasteiger partial charge in [-0.2, -0.15) is 0 Å². The number of nitrogens with one attached hydrogen (secondary N) is 1. The summed E-state index contributed by atoms with van der Waals surface area (Å²) in [7, 11) is -3.10. The van der Waals surface area contributed by atoms with Crippen LogP contribution >= 0.6 is 11.6 Å². The van der Waals surface area contributed by atoms with E-state index in [-0.39, 0.29) is 23.4 Å². The molecule has 1 amide bonds. The van der Waals surface area contributed by atoms with E-state index in [9.17, 15) is 18.0 Å². The Morgan fingerprint density at radius 2 is 1.87 bits per heavy atom. The first-order valence-corrected chi connectivity index (χ1v) is 12.3. The highest BCUT2D eigenvalue weighted by Gasteiger charge is 2.23. The van der Waals surface area contributed by atoms with Crippen LogP contribution in [-0.2, 0) is 22.9 Å². The molecule has 162 valence electrons. The van der Waals surface area contributed by atoms with E-state index in [1.807, 2.05) is 35.2 Å². The summed E-state index contributed by atoms with van der Waals surface area (Å²) in [5.41, 5.74) is 2.14. The van der Waals surface area contributed by atoms with Gasteiger partial charge in [0.1, 0.15) is 15.4 Å². The average molecular weight is 460 g/mol. The lowest BCUT2D eigenvalue weighted by molar-refractivity contribution is 0.0949. The Balaban J connectivity index is 1.64. The average Bonchev–Trinajstić information content (AvgIpc) is 2.74. The summed E-state index contributed by atoms with van der Waals surface area (Å²) in [6, 6.07) is 14.3. The van der Waals surface area contributed by atoms with Crippen LogP contribution in [0.1, 0.15) is 15.9 Å². The number of halogens is 1. The van der Waals surface area contributed by atoms with Crippen LogP contribution in [0.2, 0.25) is 5.02 Å². The van der Waals surface area contributed by atoms with Crippen LogP contribution in [0.4, 0.5) is 5.69 Å². The molecule has 0 saturated carbocycles. The van der Waals surface area contributed by atoms with Crippen LogP contribution in [0.15, 0.2) is 53.3 Å². The first-order chi connectivity index (χ1) is 14.7. The molecule has 0 bridgehead atoms. The molecule has 0 unspecified atom stereocenters. The minimum absolute atomic E-state index is 0.0405. The number of para-hydroxylation sites is 1. The molecule has 0 saturated heterocycles. The molecule has 9 heteroatoms. The van der Waals surface area contributed by atoms with Crippen molar-refractivity contribution in [1.29, 1.82) is 0 Å². The lowest BCUT2D eigenvalue weighted by atomic mass is 10.1. The second kappa shape index (κ2) is 8.36. The molecular formula is C22H22ClN3O4S. The molecule has 4 rings (SSSR count). The minimum atomic E-state index is -3.10. The molecule has 0 aliphatic carbocycles. The Morgan fingerprint density at radius 3 is 2.58 bits per heavy atom. The second-order valence-electron chi connectivity index (χ2n) is 7.66. The Morgan fingerprint density at radius 1 is 1.13 bits per heavy atom. The van der Waals surface area contributed by atoms with E-state index in [0.29, 0.717) is 24.7 Å². The third-order valence-corrected chi connectivity index (χ3v) is 6.54. The number of aromatic nitrogens is 1. The number of carbonyl (C=O) groups is 1. The molecule has 7 nitrogen and oxygen atoms in total. The number of hydrogen-bond donors (Lipinski definition) is 1. The highest BCUT2D eigenvalue weighted by atomic mass is 35.5. The molecule has 0 fully saturated rings. The number of rotatable bonds is 6. The molecule has 2 heterocycles. The predicted molar refractivity (Wildman–Crippen MR) is 123 cm³/mol. The van der Waals surface area contributed by atoms with Gasteiger partial charge in [-0.25, -0.2) is 8.42 Å². The van der Waals surface area contributed by atoms with Crippen molar-refractivity contribution in [3.63, 3.8) is 0 Å². The van der Waals surface area contributed by atoms with Crippen molar-refractivity contribution >= 4 is 43.9 Å². The third-order valence-electron chi connectivity index (χ3n) is 5.37. The maximum Gasteiger partial charge on any atom is 0.264 e. The topological polar surface area (TPSA) is 88.5 Å². The Kier molecular flexibility index (Phi) is 5.77. The smallest absolute Gasteiger partial charge is 0.264 e. The van der Waals surface area contributed by atoms with Gasteiger partial charge < -0.3 is 14.8 Å². The molecule has 1 aromatic heterocycles. The molecule has 1 aliphatic heterocycles. The van der Waals surface area contributed by atoms with E-state index in [4.69, 9.17) is 11.6 Å².